The lowest BCUT2D eigenvalue weighted by molar-refractivity contribution is 0.0889. The lowest BCUT2D eigenvalue weighted by Gasteiger charge is -2.32. The van der Waals surface area contributed by atoms with E-state index in [1.165, 1.54) is 0 Å². The van der Waals surface area contributed by atoms with Crippen LogP contribution < -0.4 is 16.8 Å². The van der Waals surface area contributed by atoms with Gasteiger partial charge in [0, 0.05) is 16.9 Å². The van der Waals surface area contributed by atoms with Gasteiger partial charge in [-0.05, 0) is 37.5 Å². The highest BCUT2D eigenvalue weighted by atomic mass is 16.1. The zero-order chi connectivity index (χ0) is 13.8. The molecular weight excluding hydrogens is 226 g/mol. The highest BCUT2D eigenvalue weighted by Crippen LogP contribution is 2.22. The van der Waals surface area contributed by atoms with Crippen LogP contribution >= 0.6 is 0 Å². The van der Waals surface area contributed by atoms with Crippen molar-refractivity contribution in [2.45, 2.75) is 45.6 Å². The van der Waals surface area contributed by atoms with Crippen molar-refractivity contribution in [2.24, 2.45) is 0 Å². The molecule has 0 saturated heterocycles. The number of hydrogen-bond acceptors (Lipinski definition) is 3. The number of carbonyl (C=O) groups excluding carboxylic acids is 1. The molecule has 0 heterocycles. The Bertz CT molecular complexity index is 417. The molecule has 0 unspecified atom stereocenters. The van der Waals surface area contributed by atoms with E-state index < -0.39 is 0 Å². The smallest absolute Gasteiger partial charge is 0.253 e. The molecule has 0 fully saturated rings. The predicted molar refractivity (Wildman–Crippen MR) is 76.3 cm³/mol. The summed E-state index contributed by atoms with van der Waals surface area (Å²) >= 11 is 0. The Labute approximate surface area is 109 Å². The molecule has 4 nitrogen and oxygen atoms in total. The molecule has 18 heavy (non-hydrogen) atoms. The van der Waals surface area contributed by atoms with E-state index >= 15 is 0 Å². The summed E-state index contributed by atoms with van der Waals surface area (Å²) in [6.45, 7) is 6.25. The van der Waals surface area contributed by atoms with Crippen LogP contribution in [-0.2, 0) is 0 Å². The lowest BCUT2D eigenvalue weighted by atomic mass is 9.89. The minimum absolute atomic E-state index is 0.127. The number of rotatable bonds is 5. The van der Waals surface area contributed by atoms with Crippen LogP contribution in [0.3, 0.4) is 0 Å². The van der Waals surface area contributed by atoms with Crippen molar-refractivity contribution in [3.8, 4) is 0 Å². The largest absolute Gasteiger partial charge is 0.399 e. The zero-order valence-corrected chi connectivity index (χ0v) is 11.4. The van der Waals surface area contributed by atoms with Gasteiger partial charge in [0.2, 0.25) is 0 Å². The van der Waals surface area contributed by atoms with Gasteiger partial charge >= 0.3 is 0 Å². The minimum atomic E-state index is -0.148. The van der Waals surface area contributed by atoms with Crippen LogP contribution in [-0.4, -0.2) is 11.4 Å². The summed E-state index contributed by atoms with van der Waals surface area (Å²) in [7, 11) is 0. The first-order chi connectivity index (χ1) is 8.48. The van der Waals surface area contributed by atoms with Crippen molar-refractivity contribution >= 4 is 17.3 Å². The second-order valence-corrected chi connectivity index (χ2v) is 4.64. The summed E-state index contributed by atoms with van der Waals surface area (Å²) in [6, 6.07) is 4.98. The van der Waals surface area contributed by atoms with Crippen LogP contribution in [0.5, 0.6) is 0 Å². The van der Waals surface area contributed by atoms with Gasteiger partial charge in [-0.15, -0.1) is 0 Å². The number of amides is 1. The van der Waals surface area contributed by atoms with Crippen LogP contribution in [0, 0.1) is 0 Å². The number of benzene rings is 1. The maximum absolute atomic E-state index is 12.2. The molecule has 5 N–H and O–H groups in total. The predicted octanol–water partition coefficient (Wildman–Crippen LogP) is 2.55. The van der Waals surface area contributed by atoms with E-state index in [9.17, 15) is 4.79 Å². The lowest BCUT2D eigenvalue weighted by Crippen LogP contribution is -2.47. The Kier molecular flexibility index (Phi) is 4.59. The van der Waals surface area contributed by atoms with Crippen molar-refractivity contribution in [1.29, 1.82) is 0 Å². The van der Waals surface area contributed by atoms with Gasteiger partial charge in [-0.1, -0.05) is 20.8 Å². The van der Waals surface area contributed by atoms with E-state index in [0.717, 1.165) is 19.3 Å². The third kappa shape index (κ3) is 2.94. The molecule has 0 radical (unpaired) electrons. The highest BCUT2D eigenvalue weighted by molar-refractivity contribution is 6.00. The second kappa shape index (κ2) is 5.76. The molecule has 0 aliphatic heterocycles. The van der Waals surface area contributed by atoms with Crippen molar-refractivity contribution in [3.05, 3.63) is 23.8 Å². The fourth-order valence-corrected chi connectivity index (χ4v) is 2.11. The molecule has 4 heteroatoms. The first kappa shape index (κ1) is 14.4. The topological polar surface area (TPSA) is 81.1 Å². The van der Waals surface area contributed by atoms with E-state index in [1.54, 1.807) is 18.2 Å². The molecule has 0 aromatic heterocycles. The Morgan fingerprint density at radius 2 is 1.72 bits per heavy atom. The van der Waals surface area contributed by atoms with E-state index in [2.05, 4.69) is 26.1 Å². The first-order valence-electron chi connectivity index (χ1n) is 6.45. The van der Waals surface area contributed by atoms with Gasteiger partial charge in [0.05, 0.1) is 5.56 Å². The minimum Gasteiger partial charge on any atom is -0.399 e. The summed E-state index contributed by atoms with van der Waals surface area (Å²) in [5, 5.41) is 3.10. The monoisotopic (exact) mass is 249 g/mol. The average Bonchev–Trinajstić information content (AvgIpc) is 2.36. The maximum Gasteiger partial charge on any atom is 0.253 e. The Balaban J connectivity index is 2.94. The number of carbonyl (C=O) groups is 1. The van der Waals surface area contributed by atoms with Crippen molar-refractivity contribution in [2.75, 3.05) is 11.5 Å². The summed E-state index contributed by atoms with van der Waals surface area (Å²) in [5.74, 6) is -0.127. The molecule has 1 aromatic rings. The molecule has 0 atom stereocenters. The standard InChI is InChI=1S/C14H23N3O/c1-4-14(5-2,6-3)17-13(18)11-8-7-10(15)9-12(11)16/h7-9H,4-6,15-16H2,1-3H3,(H,17,18). The zero-order valence-electron chi connectivity index (χ0n) is 11.4. The van der Waals surface area contributed by atoms with Gasteiger partial charge in [-0.25, -0.2) is 0 Å². The van der Waals surface area contributed by atoms with Gasteiger partial charge in [0.25, 0.3) is 5.91 Å². The molecule has 0 spiro atoms. The van der Waals surface area contributed by atoms with Crippen LogP contribution in [0.2, 0.25) is 0 Å². The van der Waals surface area contributed by atoms with E-state index in [1.807, 2.05) is 0 Å². The molecule has 0 bridgehead atoms. The van der Waals surface area contributed by atoms with Gasteiger partial charge in [0.15, 0.2) is 0 Å². The highest BCUT2D eigenvalue weighted by Gasteiger charge is 2.26. The van der Waals surface area contributed by atoms with Crippen LogP contribution in [0.4, 0.5) is 11.4 Å². The van der Waals surface area contributed by atoms with Gasteiger partial charge in [0.1, 0.15) is 0 Å². The molecule has 0 aliphatic carbocycles. The fraction of sp³-hybridized carbons (Fsp3) is 0.500. The Morgan fingerprint density at radius 1 is 1.17 bits per heavy atom. The molecule has 0 aliphatic rings. The normalized spacial score (nSPS) is 11.3. The number of anilines is 2. The van der Waals surface area contributed by atoms with Crippen LogP contribution in [0.15, 0.2) is 18.2 Å². The number of nitrogens with two attached hydrogens (primary N) is 2. The summed E-state index contributed by atoms with van der Waals surface area (Å²) in [5.41, 5.74) is 12.8. The maximum atomic E-state index is 12.2. The van der Waals surface area contributed by atoms with Gasteiger partial charge in [-0.2, -0.15) is 0 Å². The third-order valence-corrected chi connectivity index (χ3v) is 3.73. The Hall–Kier alpha value is -1.71. The summed E-state index contributed by atoms with van der Waals surface area (Å²) < 4.78 is 0. The van der Waals surface area contributed by atoms with Gasteiger partial charge < -0.3 is 16.8 Å². The summed E-state index contributed by atoms with van der Waals surface area (Å²) in [4.78, 5) is 12.2. The number of nitrogens with one attached hydrogen (secondary N) is 1. The van der Waals surface area contributed by atoms with Crippen LogP contribution in [0.1, 0.15) is 50.4 Å². The Morgan fingerprint density at radius 3 is 2.17 bits per heavy atom. The van der Waals surface area contributed by atoms with E-state index in [-0.39, 0.29) is 11.4 Å². The second-order valence-electron chi connectivity index (χ2n) is 4.64. The molecule has 1 amide bonds. The molecule has 100 valence electrons. The van der Waals surface area contributed by atoms with Crippen molar-refractivity contribution in [1.82, 2.24) is 5.32 Å². The molecular formula is C14H23N3O. The van der Waals surface area contributed by atoms with E-state index in [4.69, 9.17) is 11.5 Å². The van der Waals surface area contributed by atoms with E-state index in [0.29, 0.717) is 16.9 Å². The summed E-state index contributed by atoms with van der Waals surface area (Å²) in [6.07, 6.45) is 2.71. The quantitative estimate of drug-likeness (QED) is 0.701. The fourth-order valence-electron chi connectivity index (χ4n) is 2.11. The average molecular weight is 249 g/mol. The number of nitrogen functional groups attached to an aromatic ring is 2. The SMILES string of the molecule is CCC(CC)(CC)NC(=O)c1ccc(N)cc1N. The molecule has 1 aromatic carbocycles. The van der Waals surface area contributed by atoms with Crippen molar-refractivity contribution < 1.29 is 4.79 Å². The molecule has 1 rings (SSSR count). The van der Waals surface area contributed by atoms with Crippen molar-refractivity contribution in [3.63, 3.8) is 0 Å². The van der Waals surface area contributed by atoms with Crippen LogP contribution in [0.25, 0.3) is 0 Å². The molecule has 0 saturated carbocycles. The number of hydrogen-bond donors (Lipinski definition) is 3. The van der Waals surface area contributed by atoms with Gasteiger partial charge in [-0.3, -0.25) is 4.79 Å². The third-order valence-electron chi connectivity index (χ3n) is 3.73. The first-order valence-corrected chi connectivity index (χ1v) is 6.45.